The molecule has 0 fully saturated rings. The molecule has 0 bridgehead atoms. The molecule has 0 saturated carbocycles. The van der Waals surface area contributed by atoms with Gasteiger partial charge >= 0.3 is 18.0 Å². The Labute approximate surface area is 99.3 Å². The summed E-state index contributed by atoms with van der Waals surface area (Å²) in [5.41, 5.74) is 0. The van der Waals surface area contributed by atoms with Crippen molar-refractivity contribution >= 4 is 18.0 Å². The molecule has 0 aromatic rings. The van der Waals surface area contributed by atoms with Gasteiger partial charge in [-0.1, -0.05) is 0 Å². The molecule has 8 heteroatoms. The van der Waals surface area contributed by atoms with Crippen molar-refractivity contribution in [2.45, 2.75) is 13.0 Å². The van der Waals surface area contributed by atoms with Crippen molar-refractivity contribution in [3.05, 3.63) is 0 Å². The molecular weight excluding hydrogens is 228 g/mol. The third kappa shape index (κ3) is 6.98. The third-order valence-electron chi connectivity index (χ3n) is 1.81. The highest BCUT2D eigenvalue weighted by Gasteiger charge is 2.12. The van der Waals surface area contributed by atoms with Gasteiger partial charge in [0.25, 0.3) is 0 Å². The van der Waals surface area contributed by atoms with E-state index in [1.807, 2.05) is 0 Å². The molecule has 0 unspecified atom stereocenters. The Balaban J connectivity index is 3.65. The Hall–Kier alpha value is -1.99. The van der Waals surface area contributed by atoms with Gasteiger partial charge in [-0.3, -0.25) is 4.79 Å². The number of carboxylic acids is 1. The largest absolute Gasteiger partial charge is 0.480 e. The van der Waals surface area contributed by atoms with Gasteiger partial charge in [-0.15, -0.1) is 0 Å². The zero-order valence-corrected chi connectivity index (χ0v) is 10.1. The third-order valence-corrected chi connectivity index (χ3v) is 1.81. The lowest BCUT2D eigenvalue weighted by Crippen LogP contribution is -2.46. The average molecular weight is 246 g/mol. The van der Waals surface area contributed by atoms with Crippen LogP contribution in [0.1, 0.15) is 6.92 Å². The number of hydrogen-bond donors (Lipinski definition) is 4. The number of nitrogens with one attached hydrogen (secondary N) is 3. The van der Waals surface area contributed by atoms with Gasteiger partial charge in [-0.2, -0.15) is 0 Å². The van der Waals surface area contributed by atoms with E-state index in [2.05, 4.69) is 16.0 Å². The molecule has 0 rings (SSSR count). The van der Waals surface area contributed by atoms with Crippen LogP contribution < -0.4 is 16.0 Å². The maximum Gasteiger partial charge on any atom is 0.325 e. The van der Waals surface area contributed by atoms with Crippen LogP contribution in [0.3, 0.4) is 0 Å². The van der Waals surface area contributed by atoms with Crippen molar-refractivity contribution in [3.8, 4) is 0 Å². The smallest absolute Gasteiger partial charge is 0.325 e. The summed E-state index contributed by atoms with van der Waals surface area (Å²) in [4.78, 5) is 34.0. The van der Waals surface area contributed by atoms with E-state index < -0.39 is 18.0 Å². The lowest BCUT2D eigenvalue weighted by molar-refractivity contribution is -0.138. The summed E-state index contributed by atoms with van der Waals surface area (Å²) >= 11 is 0. The van der Waals surface area contributed by atoms with Crippen LogP contribution in [0.4, 0.5) is 9.59 Å². The van der Waals surface area contributed by atoms with Crippen LogP contribution in [-0.2, 0) is 4.79 Å². The number of rotatable bonds is 5. The van der Waals surface area contributed by atoms with Crippen LogP contribution in [-0.4, -0.2) is 61.3 Å². The van der Waals surface area contributed by atoms with Gasteiger partial charge in [0.15, 0.2) is 0 Å². The molecule has 4 N–H and O–H groups in total. The number of urea groups is 2. The topological polar surface area (TPSA) is 111 Å². The van der Waals surface area contributed by atoms with E-state index in [1.54, 1.807) is 14.1 Å². The van der Waals surface area contributed by atoms with E-state index in [1.165, 1.54) is 11.8 Å². The van der Waals surface area contributed by atoms with Crippen molar-refractivity contribution in [1.29, 1.82) is 0 Å². The van der Waals surface area contributed by atoms with Crippen LogP contribution in [0.25, 0.3) is 0 Å². The Kier molecular flexibility index (Phi) is 6.46. The minimum Gasteiger partial charge on any atom is -0.480 e. The Bertz CT molecular complexity index is 293. The summed E-state index contributed by atoms with van der Waals surface area (Å²) in [6.45, 7) is 1.85. The first kappa shape index (κ1) is 15.0. The number of hydrogen-bond acceptors (Lipinski definition) is 3. The van der Waals surface area contributed by atoms with Gasteiger partial charge in [0.1, 0.15) is 6.04 Å². The first-order valence-electron chi connectivity index (χ1n) is 5.07. The zero-order valence-electron chi connectivity index (χ0n) is 10.1. The summed E-state index contributed by atoms with van der Waals surface area (Å²) in [5, 5.41) is 15.7. The Morgan fingerprint density at radius 1 is 1.18 bits per heavy atom. The van der Waals surface area contributed by atoms with Gasteiger partial charge < -0.3 is 26.0 Å². The molecule has 0 spiro atoms. The summed E-state index contributed by atoms with van der Waals surface area (Å²) < 4.78 is 0. The molecule has 0 aliphatic carbocycles. The highest BCUT2D eigenvalue weighted by atomic mass is 16.4. The second-order valence-electron chi connectivity index (χ2n) is 3.59. The van der Waals surface area contributed by atoms with Crippen molar-refractivity contribution in [3.63, 3.8) is 0 Å². The fraction of sp³-hybridized carbons (Fsp3) is 0.667. The first-order chi connectivity index (χ1) is 7.84. The molecule has 0 aliphatic rings. The maximum atomic E-state index is 11.1. The number of carbonyl (C=O) groups is 3. The minimum atomic E-state index is -1.11. The van der Waals surface area contributed by atoms with E-state index in [0.717, 1.165) is 0 Å². The molecule has 1 atom stereocenters. The monoisotopic (exact) mass is 246 g/mol. The zero-order chi connectivity index (χ0) is 13.4. The van der Waals surface area contributed by atoms with Gasteiger partial charge in [0.05, 0.1) is 0 Å². The van der Waals surface area contributed by atoms with Gasteiger partial charge in [-0.05, 0) is 6.92 Å². The van der Waals surface area contributed by atoms with Crippen LogP contribution >= 0.6 is 0 Å². The van der Waals surface area contributed by atoms with E-state index in [-0.39, 0.29) is 19.1 Å². The quantitative estimate of drug-likeness (QED) is 0.468. The molecule has 0 saturated heterocycles. The number of carboxylic acid groups (broad SMARTS) is 1. The summed E-state index contributed by atoms with van der Waals surface area (Å²) in [6, 6.07) is -1.79. The van der Waals surface area contributed by atoms with Crippen molar-refractivity contribution in [2.75, 3.05) is 27.2 Å². The predicted molar refractivity (Wildman–Crippen MR) is 60.7 cm³/mol. The molecule has 17 heavy (non-hydrogen) atoms. The Morgan fingerprint density at radius 3 is 2.18 bits per heavy atom. The lowest BCUT2D eigenvalue weighted by atomic mass is 10.3. The van der Waals surface area contributed by atoms with Gasteiger partial charge in [0, 0.05) is 27.2 Å². The van der Waals surface area contributed by atoms with Crippen LogP contribution in [0.15, 0.2) is 0 Å². The van der Waals surface area contributed by atoms with E-state index >= 15 is 0 Å². The number of nitrogens with zero attached hydrogens (tertiary/aromatic N) is 1. The fourth-order valence-corrected chi connectivity index (χ4v) is 0.813. The standard InChI is InChI=1S/C9H18N4O4/c1-6(7(14)15)12-8(16)10-4-5-11-9(17)13(2)3/h6H,4-5H2,1-3H3,(H,11,17)(H,14,15)(H2,10,12,16)/t6-/m1/s1. The van der Waals surface area contributed by atoms with E-state index in [9.17, 15) is 14.4 Å². The molecule has 4 amide bonds. The summed E-state index contributed by atoms with van der Waals surface area (Å²) in [7, 11) is 3.20. The fourth-order valence-electron chi connectivity index (χ4n) is 0.813. The van der Waals surface area contributed by atoms with Crippen molar-refractivity contribution < 1.29 is 19.5 Å². The van der Waals surface area contributed by atoms with E-state index in [4.69, 9.17) is 5.11 Å². The number of carbonyl (C=O) groups excluding carboxylic acids is 2. The summed E-state index contributed by atoms with van der Waals surface area (Å²) in [6.07, 6.45) is 0. The van der Waals surface area contributed by atoms with Gasteiger partial charge in [-0.25, -0.2) is 9.59 Å². The number of aliphatic carboxylic acids is 1. The second kappa shape index (κ2) is 7.31. The Morgan fingerprint density at radius 2 is 1.71 bits per heavy atom. The lowest BCUT2D eigenvalue weighted by Gasteiger charge is -2.13. The minimum absolute atomic E-state index is 0.220. The molecule has 0 aromatic carbocycles. The normalized spacial score (nSPS) is 11.2. The number of amides is 4. The van der Waals surface area contributed by atoms with Crippen molar-refractivity contribution in [1.82, 2.24) is 20.9 Å². The van der Waals surface area contributed by atoms with Crippen molar-refractivity contribution in [2.24, 2.45) is 0 Å². The molecule has 0 radical (unpaired) electrons. The first-order valence-corrected chi connectivity index (χ1v) is 5.07. The highest BCUT2D eigenvalue weighted by Crippen LogP contribution is 1.80. The van der Waals surface area contributed by atoms with Gasteiger partial charge in [0.2, 0.25) is 0 Å². The van der Waals surface area contributed by atoms with Crippen LogP contribution in [0.2, 0.25) is 0 Å². The maximum absolute atomic E-state index is 11.1. The predicted octanol–water partition coefficient (Wildman–Crippen LogP) is -0.970. The second-order valence-corrected chi connectivity index (χ2v) is 3.59. The molecule has 0 aliphatic heterocycles. The molecular formula is C9H18N4O4. The van der Waals surface area contributed by atoms with Crippen LogP contribution in [0, 0.1) is 0 Å². The van der Waals surface area contributed by atoms with Crippen LogP contribution in [0.5, 0.6) is 0 Å². The average Bonchev–Trinajstić information content (AvgIpc) is 2.23. The van der Waals surface area contributed by atoms with E-state index in [0.29, 0.717) is 0 Å². The molecule has 0 heterocycles. The SMILES string of the molecule is C[C@@H](NC(=O)NCCNC(=O)N(C)C)C(=O)O. The molecule has 98 valence electrons. The highest BCUT2D eigenvalue weighted by molar-refractivity contribution is 5.82. The summed E-state index contributed by atoms with van der Waals surface area (Å²) in [5.74, 6) is -1.11. The molecule has 8 nitrogen and oxygen atoms in total. The molecule has 0 aromatic heterocycles.